The maximum absolute atomic E-state index is 5.07. The fourth-order valence-electron chi connectivity index (χ4n) is 1.16. The summed E-state index contributed by atoms with van der Waals surface area (Å²) >= 11 is 5.07. The second-order valence-corrected chi connectivity index (χ2v) is 3.43. The molecule has 0 fully saturated rings. The van der Waals surface area contributed by atoms with E-state index in [9.17, 15) is 0 Å². The van der Waals surface area contributed by atoms with E-state index in [4.69, 9.17) is 12.2 Å². The van der Waals surface area contributed by atoms with E-state index in [0.29, 0.717) is 5.11 Å². The van der Waals surface area contributed by atoms with Gasteiger partial charge in [-0.05, 0) is 26.1 Å². The van der Waals surface area contributed by atoms with Crippen LogP contribution >= 0.6 is 12.2 Å². The second-order valence-electron chi connectivity index (χ2n) is 3.03. The van der Waals surface area contributed by atoms with Crippen molar-refractivity contribution in [3.8, 4) is 0 Å². The molecule has 5 nitrogen and oxygen atoms in total. The molecule has 0 bridgehead atoms. The van der Waals surface area contributed by atoms with Crippen molar-refractivity contribution in [3.63, 3.8) is 0 Å². The smallest absolute Gasteiger partial charge is 0.166 e. The van der Waals surface area contributed by atoms with E-state index >= 15 is 0 Å². The maximum Gasteiger partial charge on any atom is 0.166 e. The first-order valence-corrected chi connectivity index (χ1v) is 4.94. The molecule has 1 rings (SSSR count). The van der Waals surface area contributed by atoms with Gasteiger partial charge in [-0.15, -0.1) is 10.2 Å². The molecule has 1 heterocycles. The Morgan fingerprint density at radius 3 is 2.93 bits per heavy atom. The lowest BCUT2D eigenvalue weighted by Crippen LogP contribution is -2.37. The molecule has 0 radical (unpaired) electrons. The van der Waals surface area contributed by atoms with Gasteiger partial charge in [-0.3, -0.25) is 0 Å². The zero-order valence-electron chi connectivity index (χ0n) is 8.61. The Morgan fingerprint density at radius 2 is 2.43 bits per heavy atom. The molecule has 0 aromatic carbocycles. The third-order valence-corrected chi connectivity index (χ3v) is 2.08. The molecule has 0 saturated carbocycles. The molecule has 1 aromatic heterocycles. The highest BCUT2D eigenvalue weighted by Crippen LogP contribution is 2.06. The van der Waals surface area contributed by atoms with Crippen LogP contribution in [0.2, 0.25) is 0 Å². The summed E-state index contributed by atoms with van der Waals surface area (Å²) in [5.74, 6) is 0.866. The third kappa shape index (κ3) is 2.66. The molecule has 1 atom stereocenters. The Labute approximate surface area is 88.9 Å². The van der Waals surface area contributed by atoms with Gasteiger partial charge in [0, 0.05) is 13.6 Å². The van der Waals surface area contributed by atoms with Crippen LogP contribution in [0.25, 0.3) is 0 Å². The zero-order chi connectivity index (χ0) is 10.6. The number of hydrogen-bond donors (Lipinski definition) is 2. The molecule has 0 aliphatic heterocycles. The molecule has 1 unspecified atom stereocenters. The number of rotatable bonds is 3. The highest BCUT2D eigenvalue weighted by Gasteiger charge is 2.11. The largest absolute Gasteiger partial charge is 0.363 e. The van der Waals surface area contributed by atoms with Gasteiger partial charge in [0.05, 0.1) is 6.04 Å². The van der Waals surface area contributed by atoms with Crippen molar-refractivity contribution in [1.82, 2.24) is 25.4 Å². The highest BCUT2D eigenvalue weighted by atomic mass is 32.1. The Kier molecular flexibility index (Phi) is 3.82. The van der Waals surface area contributed by atoms with E-state index in [1.807, 2.05) is 25.5 Å². The molecule has 0 aliphatic carbocycles. The van der Waals surface area contributed by atoms with Crippen LogP contribution in [0.15, 0.2) is 6.33 Å². The van der Waals surface area contributed by atoms with Crippen LogP contribution in [0.3, 0.4) is 0 Å². The van der Waals surface area contributed by atoms with Crippen LogP contribution in [0.1, 0.15) is 25.7 Å². The van der Waals surface area contributed by atoms with E-state index in [-0.39, 0.29) is 6.04 Å². The summed E-state index contributed by atoms with van der Waals surface area (Å²) < 4.78 is 1.87. The van der Waals surface area contributed by atoms with Crippen LogP contribution in [0.5, 0.6) is 0 Å². The van der Waals surface area contributed by atoms with E-state index in [1.165, 1.54) is 0 Å². The standard InChI is InChI=1S/C8H15N5S/c1-4-9-8(14)11-6(2)7-12-10-5-13(7)3/h5-6H,4H2,1-3H3,(H2,9,11,14). The van der Waals surface area contributed by atoms with Gasteiger partial charge in [-0.25, -0.2) is 0 Å². The van der Waals surface area contributed by atoms with Gasteiger partial charge in [0.1, 0.15) is 6.33 Å². The first kappa shape index (κ1) is 10.9. The Morgan fingerprint density at radius 1 is 1.71 bits per heavy atom. The van der Waals surface area contributed by atoms with Gasteiger partial charge in [0.2, 0.25) is 0 Å². The second kappa shape index (κ2) is 4.90. The molecule has 1 aromatic rings. The average Bonchev–Trinajstić information content (AvgIpc) is 2.51. The first-order valence-electron chi connectivity index (χ1n) is 4.53. The summed E-state index contributed by atoms with van der Waals surface area (Å²) in [6, 6.07) is 0.0639. The molecular formula is C8H15N5S. The molecule has 0 spiro atoms. The Balaban J connectivity index is 2.54. The van der Waals surface area contributed by atoms with Crippen LogP contribution in [0.4, 0.5) is 0 Å². The van der Waals surface area contributed by atoms with Gasteiger partial charge in [0.25, 0.3) is 0 Å². The summed E-state index contributed by atoms with van der Waals surface area (Å²) in [7, 11) is 1.91. The van der Waals surface area contributed by atoms with E-state index < -0.39 is 0 Å². The van der Waals surface area contributed by atoms with Gasteiger partial charge >= 0.3 is 0 Å². The maximum atomic E-state index is 5.07. The number of aromatic nitrogens is 3. The Hall–Kier alpha value is -1.17. The minimum Gasteiger partial charge on any atom is -0.363 e. The van der Waals surface area contributed by atoms with Gasteiger partial charge in [0.15, 0.2) is 10.9 Å². The first-order chi connectivity index (χ1) is 6.65. The minimum absolute atomic E-state index is 0.0639. The van der Waals surface area contributed by atoms with Crippen molar-refractivity contribution in [2.45, 2.75) is 19.9 Å². The fraction of sp³-hybridized carbons (Fsp3) is 0.625. The molecular weight excluding hydrogens is 198 g/mol. The third-order valence-electron chi connectivity index (χ3n) is 1.82. The van der Waals surface area contributed by atoms with Crippen molar-refractivity contribution in [3.05, 3.63) is 12.2 Å². The van der Waals surface area contributed by atoms with Gasteiger partial charge in [-0.1, -0.05) is 0 Å². The van der Waals surface area contributed by atoms with Crippen molar-refractivity contribution in [1.29, 1.82) is 0 Å². The number of aryl methyl sites for hydroxylation is 1. The number of nitrogens with zero attached hydrogens (tertiary/aromatic N) is 3. The van der Waals surface area contributed by atoms with Crippen LogP contribution in [-0.2, 0) is 7.05 Å². The van der Waals surface area contributed by atoms with Gasteiger partial charge in [-0.2, -0.15) is 0 Å². The molecule has 0 aliphatic rings. The molecule has 78 valence electrons. The number of thiocarbonyl (C=S) groups is 1. The van der Waals surface area contributed by atoms with Crippen LogP contribution < -0.4 is 10.6 Å². The van der Waals surface area contributed by atoms with Crippen molar-refractivity contribution < 1.29 is 0 Å². The normalized spacial score (nSPS) is 12.2. The lowest BCUT2D eigenvalue weighted by Gasteiger charge is -2.15. The van der Waals surface area contributed by atoms with E-state index in [0.717, 1.165) is 12.4 Å². The van der Waals surface area contributed by atoms with Crippen LogP contribution in [-0.4, -0.2) is 26.4 Å². The number of hydrogen-bond acceptors (Lipinski definition) is 3. The highest BCUT2D eigenvalue weighted by molar-refractivity contribution is 7.80. The lowest BCUT2D eigenvalue weighted by molar-refractivity contribution is 0.619. The SMILES string of the molecule is CCNC(=S)NC(C)c1nncn1C. The summed E-state index contributed by atoms with van der Waals surface area (Å²) in [6.07, 6.45) is 1.67. The molecule has 6 heteroatoms. The topological polar surface area (TPSA) is 54.8 Å². The predicted molar refractivity (Wildman–Crippen MR) is 58.8 cm³/mol. The fourth-order valence-corrected chi connectivity index (χ4v) is 1.48. The predicted octanol–water partition coefficient (Wildman–Crippen LogP) is 0.360. The van der Waals surface area contributed by atoms with Crippen molar-refractivity contribution in [2.75, 3.05) is 6.54 Å². The molecule has 2 N–H and O–H groups in total. The minimum atomic E-state index is 0.0639. The number of nitrogens with one attached hydrogen (secondary N) is 2. The van der Waals surface area contributed by atoms with Gasteiger partial charge < -0.3 is 15.2 Å². The molecule has 0 amide bonds. The summed E-state index contributed by atoms with van der Waals surface area (Å²) in [5, 5.41) is 14.6. The summed E-state index contributed by atoms with van der Waals surface area (Å²) in [4.78, 5) is 0. The summed E-state index contributed by atoms with van der Waals surface area (Å²) in [5.41, 5.74) is 0. The average molecular weight is 213 g/mol. The molecule has 14 heavy (non-hydrogen) atoms. The van der Waals surface area contributed by atoms with E-state index in [1.54, 1.807) is 6.33 Å². The quantitative estimate of drug-likeness (QED) is 0.710. The van der Waals surface area contributed by atoms with E-state index in [2.05, 4.69) is 20.8 Å². The van der Waals surface area contributed by atoms with Crippen LogP contribution in [0, 0.1) is 0 Å². The zero-order valence-corrected chi connectivity index (χ0v) is 9.43. The van der Waals surface area contributed by atoms with Crippen molar-refractivity contribution >= 4 is 17.3 Å². The molecule has 0 saturated heterocycles. The van der Waals surface area contributed by atoms with Crippen molar-refractivity contribution in [2.24, 2.45) is 7.05 Å². The monoisotopic (exact) mass is 213 g/mol. The Bertz CT molecular complexity index is 308. The lowest BCUT2D eigenvalue weighted by atomic mass is 10.3. The summed E-state index contributed by atoms with van der Waals surface area (Å²) in [6.45, 7) is 4.81.